The van der Waals surface area contributed by atoms with Crippen LogP contribution in [0.4, 0.5) is 15.4 Å². The lowest BCUT2D eigenvalue weighted by molar-refractivity contribution is 0.109. The number of carbonyl (C=O) groups excluding carboxylic acids is 2. The van der Waals surface area contributed by atoms with Crippen LogP contribution in [0.15, 0.2) is 48.9 Å². The highest BCUT2D eigenvalue weighted by molar-refractivity contribution is 6.00. The van der Waals surface area contributed by atoms with Gasteiger partial charge in [0.25, 0.3) is 0 Å². The summed E-state index contributed by atoms with van der Waals surface area (Å²) in [4.78, 5) is 33.0. The molecule has 10 heteroatoms. The van der Waals surface area contributed by atoms with E-state index in [0.29, 0.717) is 37.4 Å². The van der Waals surface area contributed by atoms with Crippen LogP contribution in [0.5, 0.6) is 0 Å². The SMILES string of the molecule is CCNC(=O)Nc1cc2c(-c3ccncc3)ccc(CNC(=O)OCC3CCC(CN)CC3)c2cn1.Cl. The molecule has 198 valence electrons. The maximum atomic E-state index is 12.4. The van der Waals surface area contributed by atoms with Crippen molar-refractivity contribution in [2.45, 2.75) is 39.2 Å². The van der Waals surface area contributed by atoms with Crippen molar-refractivity contribution >= 4 is 41.1 Å². The van der Waals surface area contributed by atoms with E-state index in [2.05, 4.69) is 25.9 Å². The van der Waals surface area contributed by atoms with Crippen molar-refractivity contribution in [3.63, 3.8) is 0 Å². The van der Waals surface area contributed by atoms with Gasteiger partial charge in [-0.2, -0.15) is 0 Å². The maximum Gasteiger partial charge on any atom is 0.407 e. The molecule has 0 unspecified atom stereocenters. The van der Waals surface area contributed by atoms with Gasteiger partial charge in [-0.25, -0.2) is 14.6 Å². The molecule has 1 aliphatic rings. The van der Waals surface area contributed by atoms with E-state index in [0.717, 1.165) is 59.7 Å². The number of alkyl carbamates (subject to hydrolysis) is 1. The quantitative estimate of drug-likeness (QED) is 0.332. The van der Waals surface area contributed by atoms with E-state index in [1.165, 1.54) is 0 Å². The molecule has 0 aliphatic heterocycles. The van der Waals surface area contributed by atoms with Crippen molar-refractivity contribution in [1.29, 1.82) is 0 Å². The number of nitrogens with one attached hydrogen (secondary N) is 3. The Morgan fingerprint density at radius 3 is 2.46 bits per heavy atom. The number of pyridine rings is 2. The van der Waals surface area contributed by atoms with Gasteiger partial charge in [-0.05, 0) is 91.3 Å². The van der Waals surface area contributed by atoms with E-state index in [9.17, 15) is 9.59 Å². The Morgan fingerprint density at radius 1 is 1.03 bits per heavy atom. The van der Waals surface area contributed by atoms with Gasteiger partial charge >= 0.3 is 12.1 Å². The lowest BCUT2D eigenvalue weighted by atomic mass is 9.82. The average molecular weight is 527 g/mol. The molecule has 1 aromatic carbocycles. The summed E-state index contributed by atoms with van der Waals surface area (Å²) in [5.74, 6) is 1.44. The van der Waals surface area contributed by atoms with Gasteiger partial charge in [-0.1, -0.05) is 12.1 Å². The van der Waals surface area contributed by atoms with Crippen LogP contribution in [0.3, 0.4) is 0 Å². The summed E-state index contributed by atoms with van der Waals surface area (Å²) < 4.78 is 5.50. The Bertz CT molecular complexity index is 1190. The number of fused-ring (bicyclic) bond motifs is 1. The van der Waals surface area contributed by atoms with Gasteiger partial charge in [0.2, 0.25) is 0 Å². The van der Waals surface area contributed by atoms with Crippen molar-refractivity contribution < 1.29 is 14.3 Å². The van der Waals surface area contributed by atoms with Crippen LogP contribution < -0.4 is 21.7 Å². The smallest absolute Gasteiger partial charge is 0.407 e. The normalized spacial score (nSPS) is 16.9. The van der Waals surface area contributed by atoms with Gasteiger partial charge in [-0.15, -0.1) is 12.4 Å². The first-order valence-corrected chi connectivity index (χ1v) is 12.5. The van der Waals surface area contributed by atoms with Crippen molar-refractivity contribution in [1.82, 2.24) is 20.6 Å². The summed E-state index contributed by atoms with van der Waals surface area (Å²) in [6.07, 6.45) is 9.08. The van der Waals surface area contributed by atoms with Gasteiger partial charge in [0.15, 0.2) is 0 Å². The zero-order valence-electron chi connectivity index (χ0n) is 21.0. The van der Waals surface area contributed by atoms with Gasteiger partial charge in [0, 0.05) is 37.1 Å². The zero-order valence-corrected chi connectivity index (χ0v) is 21.9. The number of ether oxygens (including phenoxy) is 1. The minimum atomic E-state index is -0.426. The Hall–Kier alpha value is -3.43. The molecule has 0 radical (unpaired) electrons. The molecule has 0 bridgehead atoms. The number of hydrogen-bond acceptors (Lipinski definition) is 6. The second-order valence-electron chi connectivity index (χ2n) is 9.18. The summed E-state index contributed by atoms with van der Waals surface area (Å²) >= 11 is 0. The molecule has 5 N–H and O–H groups in total. The van der Waals surface area contributed by atoms with E-state index >= 15 is 0 Å². The molecule has 0 spiro atoms. The Balaban J connectivity index is 0.00000380. The van der Waals surface area contributed by atoms with Crippen LogP contribution >= 0.6 is 12.4 Å². The molecule has 9 nitrogen and oxygen atoms in total. The number of anilines is 1. The predicted molar refractivity (Wildman–Crippen MR) is 148 cm³/mol. The first kappa shape index (κ1) is 28.1. The monoisotopic (exact) mass is 526 g/mol. The number of aromatic nitrogens is 2. The van der Waals surface area contributed by atoms with E-state index in [-0.39, 0.29) is 18.4 Å². The summed E-state index contributed by atoms with van der Waals surface area (Å²) in [6.45, 7) is 3.84. The number of amides is 3. The Morgan fingerprint density at radius 2 is 1.76 bits per heavy atom. The molecule has 1 saturated carbocycles. The molecular weight excluding hydrogens is 492 g/mol. The van der Waals surface area contributed by atoms with Crippen molar-refractivity contribution in [2.75, 3.05) is 25.0 Å². The van der Waals surface area contributed by atoms with E-state index in [1.807, 2.05) is 37.3 Å². The van der Waals surface area contributed by atoms with Crippen molar-refractivity contribution in [3.05, 3.63) is 54.5 Å². The van der Waals surface area contributed by atoms with E-state index < -0.39 is 6.09 Å². The van der Waals surface area contributed by atoms with Crippen LogP contribution in [-0.4, -0.2) is 41.8 Å². The second-order valence-corrected chi connectivity index (χ2v) is 9.18. The highest BCUT2D eigenvalue weighted by atomic mass is 35.5. The molecule has 37 heavy (non-hydrogen) atoms. The van der Waals surface area contributed by atoms with Gasteiger partial charge in [0.1, 0.15) is 5.82 Å². The number of carbonyl (C=O) groups is 2. The highest BCUT2D eigenvalue weighted by Crippen LogP contribution is 2.32. The molecule has 1 fully saturated rings. The highest BCUT2D eigenvalue weighted by Gasteiger charge is 2.21. The molecular formula is C27H35ClN6O3. The number of urea groups is 1. The van der Waals surface area contributed by atoms with Gasteiger partial charge in [0.05, 0.1) is 6.61 Å². The molecule has 0 saturated heterocycles. The standard InChI is InChI=1S/C27H34N6O3.ClH/c1-2-30-26(34)33-25-13-23-22(20-9-11-29-12-10-20)8-7-21(24(23)16-31-25)15-32-27(35)36-17-19-5-3-18(14-28)4-6-19;/h7-13,16,18-19H,2-6,14-15,17,28H2,1H3,(H,32,35)(H2,30,31,33,34);1H. The van der Waals surface area contributed by atoms with E-state index in [4.69, 9.17) is 10.5 Å². The van der Waals surface area contributed by atoms with Gasteiger partial charge < -0.3 is 21.1 Å². The summed E-state index contributed by atoms with van der Waals surface area (Å²) in [5.41, 5.74) is 8.64. The molecule has 2 heterocycles. The first-order chi connectivity index (χ1) is 17.6. The van der Waals surface area contributed by atoms with Crippen molar-refractivity contribution in [3.8, 4) is 11.1 Å². The summed E-state index contributed by atoms with van der Waals surface area (Å²) in [6, 6.07) is 9.38. The van der Waals surface area contributed by atoms with Gasteiger partial charge in [-0.3, -0.25) is 10.3 Å². The first-order valence-electron chi connectivity index (χ1n) is 12.5. The minimum Gasteiger partial charge on any atom is -0.449 e. The van der Waals surface area contributed by atoms with Crippen LogP contribution in [0.1, 0.15) is 38.2 Å². The van der Waals surface area contributed by atoms with Crippen LogP contribution in [-0.2, 0) is 11.3 Å². The average Bonchev–Trinajstić information content (AvgIpc) is 2.91. The summed E-state index contributed by atoms with van der Waals surface area (Å²) in [5, 5.41) is 10.1. The summed E-state index contributed by atoms with van der Waals surface area (Å²) in [7, 11) is 0. The third-order valence-electron chi connectivity index (χ3n) is 6.73. The third-order valence-corrected chi connectivity index (χ3v) is 6.73. The maximum absolute atomic E-state index is 12.4. The fourth-order valence-electron chi connectivity index (χ4n) is 4.67. The molecule has 3 aromatic rings. The second kappa shape index (κ2) is 13.8. The van der Waals surface area contributed by atoms with E-state index in [1.54, 1.807) is 18.6 Å². The largest absolute Gasteiger partial charge is 0.449 e. The van der Waals surface area contributed by atoms with Crippen LogP contribution in [0.25, 0.3) is 21.9 Å². The van der Waals surface area contributed by atoms with Crippen LogP contribution in [0.2, 0.25) is 0 Å². The minimum absolute atomic E-state index is 0. The Labute approximate surface area is 223 Å². The van der Waals surface area contributed by atoms with Crippen LogP contribution in [0, 0.1) is 11.8 Å². The topological polar surface area (TPSA) is 131 Å². The number of halogens is 1. The number of nitrogens with two attached hydrogens (primary N) is 1. The molecule has 2 aromatic heterocycles. The lowest BCUT2D eigenvalue weighted by Crippen LogP contribution is -2.29. The molecule has 0 atom stereocenters. The Kier molecular flexibility index (Phi) is 10.5. The molecule has 1 aliphatic carbocycles. The number of rotatable bonds is 8. The van der Waals surface area contributed by atoms with Crippen molar-refractivity contribution in [2.24, 2.45) is 17.6 Å². The molecule has 4 rings (SSSR count). The predicted octanol–water partition coefficient (Wildman–Crippen LogP) is 4.85. The zero-order chi connectivity index (χ0) is 25.3. The number of nitrogens with zero attached hydrogens (tertiary/aromatic N) is 2. The lowest BCUT2D eigenvalue weighted by Gasteiger charge is -2.27. The fourth-order valence-corrected chi connectivity index (χ4v) is 4.67. The fraction of sp³-hybridized carbons (Fsp3) is 0.407. The number of hydrogen-bond donors (Lipinski definition) is 4. The number of benzene rings is 1. The molecule has 3 amide bonds. The third kappa shape index (κ3) is 7.53.